The molecule has 0 fully saturated rings. The molecule has 1 aromatic carbocycles. The van der Waals surface area contributed by atoms with Gasteiger partial charge in [-0.3, -0.25) is 4.79 Å². The molecule has 3 N–H and O–H groups in total. The van der Waals surface area contributed by atoms with Gasteiger partial charge in [0.05, 0.1) is 0 Å². The number of rotatable bonds is 2. The molecule has 0 bridgehead atoms. The Labute approximate surface area is 88.9 Å². The van der Waals surface area contributed by atoms with E-state index in [0.29, 0.717) is 6.54 Å². The number of hydrogen-bond donors (Lipinski definition) is 2. The first-order valence-corrected chi connectivity index (χ1v) is 5.18. The van der Waals surface area contributed by atoms with E-state index in [4.69, 9.17) is 5.73 Å². The summed E-state index contributed by atoms with van der Waals surface area (Å²) >= 11 is 0. The van der Waals surface area contributed by atoms with Crippen molar-refractivity contribution in [3.05, 3.63) is 28.8 Å². The van der Waals surface area contributed by atoms with Gasteiger partial charge < -0.3 is 10.8 Å². The quantitative estimate of drug-likeness (QED) is 0.768. The van der Waals surface area contributed by atoms with Crippen molar-refractivity contribution < 1.29 is 9.90 Å². The van der Waals surface area contributed by atoms with Gasteiger partial charge in [0, 0.05) is 18.0 Å². The normalized spacial score (nSPS) is 18.9. The largest absolute Gasteiger partial charge is 0.508 e. The van der Waals surface area contributed by atoms with Crippen molar-refractivity contribution in [1.29, 1.82) is 0 Å². The molecule has 0 spiro atoms. The van der Waals surface area contributed by atoms with E-state index in [1.54, 1.807) is 13.0 Å². The van der Waals surface area contributed by atoms with Crippen LogP contribution in [-0.4, -0.2) is 10.9 Å². The van der Waals surface area contributed by atoms with Crippen LogP contribution in [0.2, 0.25) is 0 Å². The molecule has 0 saturated heterocycles. The van der Waals surface area contributed by atoms with Gasteiger partial charge in [0.25, 0.3) is 0 Å². The van der Waals surface area contributed by atoms with Crippen molar-refractivity contribution in [3.8, 4) is 5.75 Å². The second kappa shape index (κ2) is 3.66. The molecule has 1 unspecified atom stereocenters. The Morgan fingerprint density at radius 2 is 2.33 bits per heavy atom. The van der Waals surface area contributed by atoms with Crippen LogP contribution in [0.5, 0.6) is 5.75 Å². The molecule has 0 heterocycles. The highest BCUT2D eigenvalue weighted by atomic mass is 16.3. The maximum atomic E-state index is 11.4. The third-order valence-electron chi connectivity index (χ3n) is 3.13. The molecule has 1 aromatic rings. The first kappa shape index (κ1) is 10.2. The lowest BCUT2D eigenvalue weighted by atomic mass is 9.95. The predicted molar refractivity (Wildman–Crippen MR) is 57.7 cm³/mol. The van der Waals surface area contributed by atoms with Crippen molar-refractivity contribution in [2.24, 2.45) is 5.73 Å². The maximum Gasteiger partial charge on any atom is 0.137 e. The fourth-order valence-electron chi connectivity index (χ4n) is 2.28. The Kier molecular flexibility index (Phi) is 2.49. The molecule has 3 nitrogen and oxygen atoms in total. The highest BCUT2D eigenvalue weighted by Gasteiger charge is 2.26. The van der Waals surface area contributed by atoms with E-state index >= 15 is 0 Å². The SMILES string of the molecule is CC(=O)C1CCc2cc(O)c(CN)cc21. The fraction of sp³-hybridized carbons (Fsp3) is 0.417. The lowest BCUT2D eigenvalue weighted by molar-refractivity contribution is -0.118. The van der Waals surface area contributed by atoms with Crippen molar-refractivity contribution in [1.82, 2.24) is 0 Å². The van der Waals surface area contributed by atoms with E-state index in [0.717, 1.165) is 29.5 Å². The minimum Gasteiger partial charge on any atom is -0.508 e. The van der Waals surface area contributed by atoms with Gasteiger partial charge in [-0.15, -0.1) is 0 Å². The molecular weight excluding hydrogens is 190 g/mol. The Bertz CT molecular complexity index is 412. The summed E-state index contributed by atoms with van der Waals surface area (Å²) in [5, 5.41) is 9.63. The zero-order valence-corrected chi connectivity index (χ0v) is 8.79. The minimum absolute atomic E-state index is 0.00546. The van der Waals surface area contributed by atoms with Crippen LogP contribution in [0.1, 0.15) is 36.0 Å². The van der Waals surface area contributed by atoms with Crippen molar-refractivity contribution in [2.75, 3.05) is 0 Å². The first-order valence-electron chi connectivity index (χ1n) is 5.18. The van der Waals surface area contributed by atoms with Crippen molar-refractivity contribution in [2.45, 2.75) is 32.2 Å². The minimum atomic E-state index is 0.00546. The number of phenolic OH excluding ortho intramolecular Hbond substituents is 1. The van der Waals surface area contributed by atoms with Crippen LogP contribution in [0, 0.1) is 0 Å². The average molecular weight is 205 g/mol. The van der Waals surface area contributed by atoms with Crippen molar-refractivity contribution in [3.63, 3.8) is 0 Å². The summed E-state index contributed by atoms with van der Waals surface area (Å²) < 4.78 is 0. The molecular formula is C12H15NO2. The molecule has 80 valence electrons. The highest BCUT2D eigenvalue weighted by molar-refractivity contribution is 5.84. The lowest BCUT2D eigenvalue weighted by Crippen LogP contribution is -2.06. The van der Waals surface area contributed by atoms with Crippen LogP contribution in [0.15, 0.2) is 12.1 Å². The maximum absolute atomic E-state index is 11.4. The topological polar surface area (TPSA) is 63.3 Å². The molecule has 3 heteroatoms. The Morgan fingerprint density at radius 1 is 1.60 bits per heavy atom. The van der Waals surface area contributed by atoms with E-state index in [-0.39, 0.29) is 17.5 Å². The van der Waals surface area contributed by atoms with Crippen LogP contribution >= 0.6 is 0 Å². The third-order valence-corrected chi connectivity index (χ3v) is 3.13. The van der Waals surface area contributed by atoms with Gasteiger partial charge >= 0.3 is 0 Å². The molecule has 0 aromatic heterocycles. The van der Waals surface area contributed by atoms with Crippen LogP contribution in [0.4, 0.5) is 0 Å². The summed E-state index contributed by atoms with van der Waals surface area (Å²) in [6.07, 6.45) is 1.73. The summed E-state index contributed by atoms with van der Waals surface area (Å²) in [7, 11) is 0. The number of carbonyl (C=O) groups is 1. The molecule has 1 aliphatic carbocycles. The number of benzene rings is 1. The molecule has 0 amide bonds. The molecule has 1 atom stereocenters. The van der Waals surface area contributed by atoms with E-state index in [1.165, 1.54) is 0 Å². The molecule has 1 aliphatic rings. The van der Waals surface area contributed by atoms with Gasteiger partial charge in [-0.2, -0.15) is 0 Å². The second-order valence-electron chi connectivity index (χ2n) is 4.09. The summed E-state index contributed by atoms with van der Waals surface area (Å²) in [5.41, 5.74) is 8.39. The summed E-state index contributed by atoms with van der Waals surface area (Å²) in [6.45, 7) is 1.93. The first-order chi connectivity index (χ1) is 7.13. The van der Waals surface area contributed by atoms with E-state index < -0.39 is 0 Å². The molecule has 2 rings (SSSR count). The van der Waals surface area contributed by atoms with Gasteiger partial charge in [0.15, 0.2) is 0 Å². The number of nitrogens with two attached hydrogens (primary N) is 1. The Morgan fingerprint density at radius 3 is 2.93 bits per heavy atom. The molecule has 0 aliphatic heterocycles. The van der Waals surface area contributed by atoms with Crippen LogP contribution < -0.4 is 5.73 Å². The van der Waals surface area contributed by atoms with Gasteiger partial charge in [0.2, 0.25) is 0 Å². The number of fused-ring (bicyclic) bond motifs is 1. The number of hydrogen-bond acceptors (Lipinski definition) is 3. The monoisotopic (exact) mass is 205 g/mol. The standard InChI is InChI=1S/C12H15NO2/c1-7(14)10-3-2-8-5-12(15)9(6-13)4-11(8)10/h4-5,10,15H,2-3,6,13H2,1H3. The summed E-state index contributed by atoms with van der Waals surface area (Å²) in [6, 6.07) is 3.63. The third kappa shape index (κ3) is 1.63. The van der Waals surface area contributed by atoms with Crippen LogP contribution in [0.25, 0.3) is 0 Å². The van der Waals surface area contributed by atoms with Crippen LogP contribution in [0.3, 0.4) is 0 Å². The number of Topliss-reactive ketones (excluding diaryl/α,β-unsaturated/α-hetero) is 1. The van der Waals surface area contributed by atoms with E-state index in [1.807, 2.05) is 6.07 Å². The van der Waals surface area contributed by atoms with E-state index in [9.17, 15) is 9.90 Å². The van der Waals surface area contributed by atoms with Crippen molar-refractivity contribution >= 4 is 5.78 Å². The Balaban J connectivity index is 2.48. The number of phenols is 1. The smallest absolute Gasteiger partial charge is 0.137 e. The number of aromatic hydroxyl groups is 1. The molecule has 0 saturated carbocycles. The summed E-state index contributed by atoms with van der Waals surface area (Å²) in [5.74, 6) is 0.453. The van der Waals surface area contributed by atoms with Crippen LogP contribution in [-0.2, 0) is 17.8 Å². The van der Waals surface area contributed by atoms with Gasteiger partial charge in [0.1, 0.15) is 11.5 Å². The van der Waals surface area contributed by atoms with E-state index in [2.05, 4.69) is 0 Å². The van der Waals surface area contributed by atoms with Gasteiger partial charge in [-0.25, -0.2) is 0 Å². The number of ketones is 1. The second-order valence-corrected chi connectivity index (χ2v) is 4.09. The molecule has 0 radical (unpaired) electrons. The number of carbonyl (C=O) groups excluding carboxylic acids is 1. The zero-order chi connectivity index (χ0) is 11.0. The average Bonchev–Trinajstić information content (AvgIpc) is 2.59. The highest BCUT2D eigenvalue weighted by Crippen LogP contribution is 2.37. The lowest BCUT2D eigenvalue weighted by Gasteiger charge is -2.10. The number of aryl methyl sites for hydroxylation is 1. The predicted octanol–water partition coefficient (Wildman–Crippen LogP) is 1.47. The van der Waals surface area contributed by atoms with Gasteiger partial charge in [-0.05, 0) is 43.0 Å². The van der Waals surface area contributed by atoms with Gasteiger partial charge in [-0.1, -0.05) is 0 Å². The summed E-state index contributed by atoms with van der Waals surface area (Å²) in [4.78, 5) is 11.4. The fourth-order valence-corrected chi connectivity index (χ4v) is 2.28. The zero-order valence-electron chi connectivity index (χ0n) is 8.79. The molecule has 15 heavy (non-hydrogen) atoms. The Hall–Kier alpha value is -1.35.